The Morgan fingerprint density at radius 1 is 1.26 bits per heavy atom. The van der Waals surface area contributed by atoms with Crippen LogP contribution in [0.1, 0.15) is 19.3 Å². The maximum absolute atomic E-state index is 11.3. The molecule has 3 heterocycles. The number of pyridine rings is 1. The van der Waals surface area contributed by atoms with Crippen LogP contribution in [0.5, 0.6) is 5.75 Å². The number of hydrogen-bond donors (Lipinski definition) is 2. The third-order valence-electron chi connectivity index (χ3n) is 5.06. The van der Waals surface area contributed by atoms with Crippen molar-refractivity contribution in [1.29, 1.82) is 0 Å². The summed E-state index contributed by atoms with van der Waals surface area (Å²) in [6, 6.07) is 11.5. The Labute approximate surface area is 157 Å². The van der Waals surface area contributed by atoms with Gasteiger partial charge in [-0.25, -0.2) is 5.10 Å². The van der Waals surface area contributed by atoms with Gasteiger partial charge in [0.25, 0.3) is 5.56 Å². The van der Waals surface area contributed by atoms with Gasteiger partial charge in [0.2, 0.25) is 0 Å². The molecule has 27 heavy (non-hydrogen) atoms. The number of methoxy groups -OCH3 is 1. The SMILES string of the molecule is COc1ccc2nccc(NCC3CCCCN3c3ccc(=O)[nH]n3)c2c1. The average molecular weight is 365 g/mol. The average Bonchev–Trinajstić information content (AvgIpc) is 2.72. The number of nitrogens with zero attached hydrogens (tertiary/aromatic N) is 3. The van der Waals surface area contributed by atoms with Crippen LogP contribution in [0.4, 0.5) is 11.5 Å². The molecule has 1 aromatic carbocycles. The number of H-pyrrole nitrogens is 1. The molecule has 0 bridgehead atoms. The van der Waals surface area contributed by atoms with Gasteiger partial charge in [0.1, 0.15) is 11.6 Å². The van der Waals surface area contributed by atoms with E-state index in [9.17, 15) is 4.79 Å². The molecule has 1 aliphatic heterocycles. The first kappa shape index (κ1) is 17.3. The second-order valence-electron chi connectivity index (χ2n) is 6.74. The number of ether oxygens (including phenoxy) is 1. The van der Waals surface area contributed by atoms with Crippen LogP contribution in [0.15, 0.2) is 47.4 Å². The van der Waals surface area contributed by atoms with Crippen LogP contribution in [-0.4, -0.2) is 41.4 Å². The summed E-state index contributed by atoms with van der Waals surface area (Å²) in [4.78, 5) is 18.0. The number of hydrogen-bond acceptors (Lipinski definition) is 6. The fourth-order valence-electron chi connectivity index (χ4n) is 3.65. The molecule has 3 aromatic rings. The van der Waals surface area contributed by atoms with Gasteiger partial charge in [0.05, 0.1) is 12.6 Å². The molecule has 0 aliphatic carbocycles. The van der Waals surface area contributed by atoms with Crippen molar-refractivity contribution in [2.45, 2.75) is 25.3 Å². The summed E-state index contributed by atoms with van der Waals surface area (Å²) in [6.07, 6.45) is 5.23. The van der Waals surface area contributed by atoms with Gasteiger partial charge in [-0.05, 0) is 49.6 Å². The van der Waals surface area contributed by atoms with E-state index < -0.39 is 0 Å². The zero-order chi connectivity index (χ0) is 18.6. The standard InChI is InChI=1S/C20H23N5O2/c1-27-15-5-6-17-16(12-15)18(9-10-21-17)22-13-14-4-2-3-11-25(14)19-7-8-20(26)24-23-19/h5-10,12,14H,2-4,11,13H2,1H3,(H,21,22)(H,24,26). The zero-order valence-electron chi connectivity index (χ0n) is 15.3. The van der Waals surface area contributed by atoms with Gasteiger partial charge in [-0.3, -0.25) is 9.78 Å². The molecule has 1 aliphatic rings. The number of piperidine rings is 1. The van der Waals surface area contributed by atoms with Gasteiger partial charge in [-0.2, -0.15) is 5.10 Å². The molecule has 1 saturated heterocycles. The van der Waals surface area contributed by atoms with E-state index in [0.29, 0.717) is 6.04 Å². The summed E-state index contributed by atoms with van der Waals surface area (Å²) in [6.45, 7) is 1.73. The number of anilines is 2. The lowest BCUT2D eigenvalue weighted by atomic mass is 10.0. The van der Waals surface area contributed by atoms with Crippen molar-refractivity contribution in [2.75, 3.05) is 30.4 Å². The number of aromatic amines is 1. The van der Waals surface area contributed by atoms with Crippen molar-refractivity contribution in [3.8, 4) is 5.75 Å². The summed E-state index contributed by atoms with van der Waals surface area (Å²) in [7, 11) is 1.67. The lowest BCUT2D eigenvalue weighted by molar-refractivity contribution is 0.415. The lowest BCUT2D eigenvalue weighted by Crippen LogP contribution is -2.44. The number of fused-ring (bicyclic) bond motifs is 1. The summed E-state index contributed by atoms with van der Waals surface area (Å²) < 4.78 is 5.36. The highest BCUT2D eigenvalue weighted by Gasteiger charge is 2.23. The summed E-state index contributed by atoms with van der Waals surface area (Å²) >= 11 is 0. The third-order valence-corrected chi connectivity index (χ3v) is 5.06. The Balaban J connectivity index is 1.55. The maximum atomic E-state index is 11.3. The molecule has 0 saturated carbocycles. The molecule has 1 unspecified atom stereocenters. The number of nitrogens with one attached hydrogen (secondary N) is 2. The Hall–Kier alpha value is -3.09. The normalized spacial score (nSPS) is 17.1. The van der Waals surface area contributed by atoms with Crippen molar-refractivity contribution in [3.63, 3.8) is 0 Å². The summed E-state index contributed by atoms with van der Waals surface area (Å²) in [5.41, 5.74) is 1.80. The minimum atomic E-state index is -0.178. The number of rotatable bonds is 5. The van der Waals surface area contributed by atoms with Crippen molar-refractivity contribution < 1.29 is 4.74 Å². The predicted molar refractivity (Wildman–Crippen MR) is 107 cm³/mol. The van der Waals surface area contributed by atoms with Gasteiger partial charge in [0, 0.05) is 42.5 Å². The number of aromatic nitrogens is 3. The van der Waals surface area contributed by atoms with E-state index in [4.69, 9.17) is 4.74 Å². The van der Waals surface area contributed by atoms with Gasteiger partial charge in [-0.1, -0.05) is 0 Å². The van der Waals surface area contributed by atoms with Crippen molar-refractivity contribution in [1.82, 2.24) is 15.2 Å². The molecule has 0 amide bonds. The molecule has 7 nitrogen and oxygen atoms in total. The van der Waals surface area contributed by atoms with E-state index in [1.165, 1.54) is 12.5 Å². The van der Waals surface area contributed by atoms with Gasteiger partial charge < -0.3 is 15.0 Å². The molecule has 1 fully saturated rings. The monoisotopic (exact) mass is 365 g/mol. The highest BCUT2D eigenvalue weighted by Crippen LogP contribution is 2.27. The quantitative estimate of drug-likeness (QED) is 0.723. The Kier molecular flexibility index (Phi) is 4.91. The molecule has 0 radical (unpaired) electrons. The van der Waals surface area contributed by atoms with Gasteiger partial charge >= 0.3 is 0 Å². The third kappa shape index (κ3) is 3.72. The fourth-order valence-corrected chi connectivity index (χ4v) is 3.65. The van der Waals surface area contributed by atoms with Crippen LogP contribution < -0.4 is 20.5 Å². The zero-order valence-corrected chi connectivity index (χ0v) is 15.3. The van der Waals surface area contributed by atoms with Crippen LogP contribution in [0, 0.1) is 0 Å². The fraction of sp³-hybridized carbons (Fsp3) is 0.350. The molecule has 2 aromatic heterocycles. The minimum Gasteiger partial charge on any atom is -0.497 e. The smallest absolute Gasteiger partial charge is 0.264 e. The maximum Gasteiger partial charge on any atom is 0.264 e. The van der Waals surface area contributed by atoms with E-state index in [2.05, 4.69) is 25.4 Å². The lowest BCUT2D eigenvalue weighted by Gasteiger charge is -2.36. The van der Waals surface area contributed by atoms with E-state index >= 15 is 0 Å². The Bertz CT molecular complexity index is 967. The second-order valence-corrected chi connectivity index (χ2v) is 6.74. The topological polar surface area (TPSA) is 83.1 Å². The summed E-state index contributed by atoms with van der Waals surface area (Å²) in [5, 5.41) is 11.4. The van der Waals surface area contributed by atoms with E-state index in [0.717, 1.165) is 54.1 Å². The molecule has 4 rings (SSSR count). The first-order chi connectivity index (χ1) is 13.2. The molecule has 140 valence electrons. The van der Waals surface area contributed by atoms with E-state index in [-0.39, 0.29) is 5.56 Å². The van der Waals surface area contributed by atoms with Crippen molar-refractivity contribution >= 4 is 22.4 Å². The first-order valence-corrected chi connectivity index (χ1v) is 9.23. The van der Waals surface area contributed by atoms with Crippen LogP contribution in [0.2, 0.25) is 0 Å². The highest BCUT2D eigenvalue weighted by atomic mass is 16.5. The highest BCUT2D eigenvalue weighted by molar-refractivity contribution is 5.92. The van der Waals surface area contributed by atoms with Gasteiger partial charge in [0.15, 0.2) is 0 Å². The molecule has 0 spiro atoms. The van der Waals surface area contributed by atoms with Gasteiger partial charge in [-0.15, -0.1) is 0 Å². The largest absolute Gasteiger partial charge is 0.497 e. The molecule has 1 atom stereocenters. The van der Waals surface area contributed by atoms with Crippen molar-refractivity contribution in [3.05, 3.63) is 52.9 Å². The van der Waals surface area contributed by atoms with Crippen molar-refractivity contribution in [2.24, 2.45) is 0 Å². The Morgan fingerprint density at radius 3 is 3.00 bits per heavy atom. The predicted octanol–water partition coefficient (Wildman–Crippen LogP) is 2.80. The molecular formula is C20H23N5O2. The molecule has 2 N–H and O–H groups in total. The Morgan fingerprint density at radius 2 is 2.19 bits per heavy atom. The molecule has 7 heteroatoms. The van der Waals surface area contributed by atoms with Crippen LogP contribution in [-0.2, 0) is 0 Å². The van der Waals surface area contributed by atoms with Crippen LogP contribution in [0.25, 0.3) is 10.9 Å². The van der Waals surface area contributed by atoms with E-state index in [1.54, 1.807) is 13.2 Å². The second kappa shape index (κ2) is 7.65. The number of benzene rings is 1. The van der Waals surface area contributed by atoms with Crippen LogP contribution in [0.3, 0.4) is 0 Å². The summed E-state index contributed by atoms with van der Waals surface area (Å²) in [5.74, 6) is 1.64. The minimum absolute atomic E-state index is 0.178. The molecular weight excluding hydrogens is 342 g/mol. The van der Waals surface area contributed by atoms with E-state index in [1.807, 2.05) is 30.5 Å². The van der Waals surface area contributed by atoms with Crippen LogP contribution >= 0.6 is 0 Å². The first-order valence-electron chi connectivity index (χ1n) is 9.23.